The average Bonchev–Trinajstić information content (AvgIpc) is 2.90. The third-order valence-electron chi connectivity index (χ3n) is 3.52. The zero-order valence-corrected chi connectivity index (χ0v) is 10.9. The van der Waals surface area contributed by atoms with E-state index in [9.17, 15) is 0 Å². The molecule has 1 fully saturated rings. The van der Waals surface area contributed by atoms with Gasteiger partial charge in [-0.15, -0.1) is 0 Å². The minimum atomic E-state index is 0.457. The molecule has 94 valence electrons. The summed E-state index contributed by atoms with van der Waals surface area (Å²) in [6.07, 6.45) is 6.19. The quantitative estimate of drug-likeness (QED) is 0.803. The largest absolute Gasteiger partial charge is 0.334 e. The van der Waals surface area contributed by atoms with E-state index in [0.29, 0.717) is 16.8 Å². The van der Waals surface area contributed by atoms with Crippen LogP contribution in [-0.2, 0) is 0 Å². The molecule has 0 N–H and O–H groups in total. The highest BCUT2D eigenvalue weighted by atomic mass is 35.5. The third-order valence-corrected chi connectivity index (χ3v) is 3.85. The molecule has 0 unspecified atom stereocenters. The van der Waals surface area contributed by atoms with Crippen molar-refractivity contribution in [1.29, 1.82) is 0 Å². The molecule has 2 aromatic rings. The molecular weight excluding hydrogens is 248 g/mol. The first-order chi connectivity index (χ1) is 8.84. The van der Waals surface area contributed by atoms with Gasteiger partial charge in [0.05, 0.1) is 10.6 Å². The van der Waals surface area contributed by atoms with Crippen LogP contribution in [0.3, 0.4) is 0 Å². The second-order valence-corrected chi connectivity index (χ2v) is 5.18. The van der Waals surface area contributed by atoms with Crippen molar-refractivity contribution in [1.82, 2.24) is 10.1 Å². The molecule has 0 aliphatic heterocycles. The maximum absolute atomic E-state index is 6.13. The highest BCUT2D eigenvalue weighted by molar-refractivity contribution is 6.33. The third kappa shape index (κ3) is 2.27. The van der Waals surface area contributed by atoms with Crippen molar-refractivity contribution in [3.63, 3.8) is 0 Å². The van der Waals surface area contributed by atoms with Crippen molar-refractivity contribution in [2.24, 2.45) is 0 Å². The first-order valence-electron chi connectivity index (χ1n) is 6.43. The maximum atomic E-state index is 6.13. The summed E-state index contributed by atoms with van der Waals surface area (Å²) in [6.45, 7) is 0. The summed E-state index contributed by atoms with van der Waals surface area (Å²) >= 11 is 6.13. The lowest BCUT2D eigenvalue weighted by molar-refractivity contribution is 0.385. The van der Waals surface area contributed by atoms with Crippen molar-refractivity contribution < 1.29 is 4.52 Å². The summed E-state index contributed by atoms with van der Waals surface area (Å²) in [5.74, 6) is 1.82. The van der Waals surface area contributed by atoms with Gasteiger partial charge in [0.25, 0.3) is 5.89 Å². The van der Waals surface area contributed by atoms with Crippen molar-refractivity contribution in [2.45, 2.75) is 38.0 Å². The van der Waals surface area contributed by atoms with Gasteiger partial charge in [0.15, 0.2) is 5.82 Å². The van der Waals surface area contributed by atoms with Crippen LogP contribution >= 0.6 is 11.6 Å². The van der Waals surface area contributed by atoms with E-state index in [1.165, 1.54) is 32.1 Å². The van der Waals surface area contributed by atoms with Crippen LogP contribution in [-0.4, -0.2) is 10.1 Å². The molecule has 4 heteroatoms. The molecule has 18 heavy (non-hydrogen) atoms. The molecule has 0 atom stereocenters. The van der Waals surface area contributed by atoms with E-state index in [-0.39, 0.29) is 0 Å². The molecule has 1 aromatic carbocycles. The standard InChI is InChI=1S/C14H15ClN2O/c15-12-9-5-4-8-11(12)14-16-13(17-18-14)10-6-2-1-3-7-10/h4-5,8-10H,1-3,6-7H2. The summed E-state index contributed by atoms with van der Waals surface area (Å²) in [7, 11) is 0. The summed E-state index contributed by atoms with van der Waals surface area (Å²) in [5.41, 5.74) is 0.814. The molecule has 1 aromatic heterocycles. The van der Waals surface area contributed by atoms with Gasteiger partial charge >= 0.3 is 0 Å². The van der Waals surface area contributed by atoms with Gasteiger partial charge in [0, 0.05) is 5.92 Å². The average molecular weight is 263 g/mol. The second-order valence-electron chi connectivity index (χ2n) is 4.77. The van der Waals surface area contributed by atoms with Gasteiger partial charge < -0.3 is 4.52 Å². The van der Waals surface area contributed by atoms with Crippen LogP contribution in [0.15, 0.2) is 28.8 Å². The number of nitrogens with zero attached hydrogens (tertiary/aromatic N) is 2. The zero-order chi connectivity index (χ0) is 12.4. The fourth-order valence-corrected chi connectivity index (χ4v) is 2.72. The Balaban J connectivity index is 1.87. The number of hydrogen-bond donors (Lipinski definition) is 0. The number of rotatable bonds is 2. The van der Waals surface area contributed by atoms with Crippen LogP contribution in [0.2, 0.25) is 5.02 Å². The minimum Gasteiger partial charge on any atom is -0.334 e. The molecule has 0 spiro atoms. The van der Waals surface area contributed by atoms with E-state index < -0.39 is 0 Å². The highest BCUT2D eigenvalue weighted by Gasteiger charge is 2.21. The SMILES string of the molecule is Clc1ccccc1-c1nc(C2CCCCC2)no1. The lowest BCUT2D eigenvalue weighted by atomic mass is 9.89. The molecule has 0 bridgehead atoms. The lowest BCUT2D eigenvalue weighted by Crippen LogP contribution is -2.06. The zero-order valence-electron chi connectivity index (χ0n) is 10.1. The summed E-state index contributed by atoms with van der Waals surface area (Å²) in [6, 6.07) is 7.55. The van der Waals surface area contributed by atoms with Gasteiger partial charge in [0.1, 0.15) is 0 Å². The molecule has 1 aliphatic carbocycles. The Kier molecular flexibility index (Phi) is 3.33. The van der Waals surface area contributed by atoms with Gasteiger partial charge in [-0.2, -0.15) is 4.98 Å². The molecule has 3 rings (SSSR count). The first-order valence-corrected chi connectivity index (χ1v) is 6.81. The Morgan fingerprint density at radius 2 is 1.89 bits per heavy atom. The number of benzene rings is 1. The van der Waals surface area contributed by atoms with E-state index in [4.69, 9.17) is 16.1 Å². The second kappa shape index (κ2) is 5.11. The molecular formula is C14H15ClN2O. The van der Waals surface area contributed by atoms with Crippen molar-refractivity contribution in [3.05, 3.63) is 35.1 Å². The Morgan fingerprint density at radius 3 is 2.67 bits per heavy atom. The molecule has 0 radical (unpaired) electrons. The summed E-state index contributed by atoms with van der Waals surface area (Å²) in [4.78, 5) is 4.50. The van der Waals surface area contributed by atoms with E-state index in [1.807, 2.05) is 24.3 Å². The van der Waals surface area contributed by atoms with Crippen LogP contribution < -0.4 is 0 Å². The minimum absolute atomic E-state index is 0.457. The van der Waals surface area contributed by atoms with E-state index in [1.54, 1.807) is 0 Å². The van der Waals surface area contributed by atoms with Crippen LogP contribution in [0.4, 0.5) is 0 Å². The molecule has 1 heterocycles. The highest BCUT2D eigenvalue weighted by Crippen LogP contribution is 2.33. The van der Waals surface area contributed by atoms with Gasteiger partial charge in [-0.25, -0.2) is 0 Å². The Labute approximate surface area is 111 Å². The summed E-state index contributed by atoms with van der Waals surface area (Å²) in [5, 5.41) is 4.76. The molecule has 1 aliphatic rings. The van der Waals surface area contributed by atoms with Gasteiger partial charge in [-0.3, -0.25) is 0 Å². The topological polar surface area (TPSA) is 38.9 Å². The predicted octanol–water partition coefficient (Wildman–Crippen LogP) is 4.44. The normalized spacial score (nSPS) is 16.9. The Morgan fingerprint density at radius 1 is 1.11 bits per heavy atom. The van der Waals surface area contributed by atoms with E-state index >= 15 is 0 Å². The fraction of sp³-hybridized carbons (Fsp3) is 0.429. The lowest BCUT2D eigenvalue weighted by Gasteiger charge is -2.17. The van der Waals surface area contributed by atoms with Gasteiger partial charge in [-0.05, 0) is 25.0 Å². The monoisotopic (exact) mass is 262 g/mol. The fourth-order valence-electron chi connectivity index (χ4n) is 2.51. The number of halogens is 1. The summed E-state index contributed by atoms with van der Waals surface area (Å²) < 4.78 is 5.34. The smallest absolute Gasteiger partial charge is 0.259 e. The number of hydrogen-bond acceptors (Lipinski definition) is 3. The Hall–Kier alpha value is -1.35. The van der Waals surface area contributed by atoms with E-state index in [0.717, 1.165) is 11.4 Å². The maximum Gasteiger partial charge on any atom is 0.259 e. The molecule has 3 nitrogen and oxygen atoms in total. The molecule has 1 saturated carbocycles. The van der Waals surface area contributed by atoms with Gasteiger partial charge in [-0.1, -0.05) is 48.2 Å². The predicted molar refractivity (Wildman–Crippen MR) is 70.6 cm³/mol. The van der Waals surface area contributed by atoms with E-state index in [2.05, 4.69) is 10.1 Å². The van der Waals surface area contributed by atoms with Crippen LogP contribution in [0.25, 0.3) is 11.5 Å². The molecule has 0 amide bonds. The first kappa shape index (κ1) is 11.7. The van der Waals surface area contributed by atoms with Crippen LogP contribution in [0, 0.1) is 0 Å². The number of aromatic nitrogens is 2. The van der Waals surface area contributed by atoms with Crippen LogP contribution in [0.1, 0.15) is 43.8 Å². The Bertz CT molecular complexity index is 532. The van der Waals surface area contributed by atoms with Crippen molar-refractivity contribution >= 4 is 11.6 Å². The van der Waals surface area contributed by atoms with Crippen molar-refractivity contribution in [3.8, 4) is 11.5 Å². The van der Waals surface area contributed by atoms with Gasteiger partial charge in [0.2, 0.25) is 0 Å². The van der Waals surface area contributed by atoms with Crippen molar-refractivity contribution in [2.75, 3.05) is 0 Å². The van der Waals surface area contributed by atoms with Crippen LogP contribution in [0.5, 0.6) is 0 Å². The molecule has 0 saturated heterocycles.